The summed E-state index contributed by atoms with van der Waals surface area (Å²) in [6.07, 6.45) is 1.69. The SMILES string of the molecule is C=CCN(C)C(=O)c1ccc(Oc2ccc(OC)cc2)cc1. The van der Waals surface area contributed by atoms with Gasteiger partial charge in [0.15, 0.2) is 0 Å². The number of methoxy groups -OCH3 is 1. The van der Waals surface area contributed by atoms with Gasteiger partial charge in [0.25, 0.3) is 5.91 Å². The lowest BCUT2D eigenvalue weighted by Crippen LogP contribution is -2.26. The molecule has 0 bridgehead atoms. The Bertz CT molecular complexity index is 632. The average Bonchev–Trinajstić information content (AvgIpc) is 2.56. The van der Waals surface area contributed by atoms with Crippen LogP contribution in [0.4, 0.5) is 0 Å². The topological polar surface area (TPSA) is 38.8 Å². The van der Waals surface area contributed by atoms with Gasteiger partial charge in [0.1, 0.15) is 17.2 Å². The van der Waals surface area contributed by atoms with E-state index in [-0.39, 0.29) is 5.91 Å². The predicted octanol–water partition coefficient (Wildman–Crippen LogP) is 3.75. The first-order chi connectivity index (χ1) is 10.6. The van der Waals surface area contributed by atoms with Crippen LogP contribution in [0, 0.1) is 0 Å². The van der Waals surface area contributed by atoms with Crippen molar-refractivity contribution < 1.29 is 14.3 Å². The maximum absolute atomic E-state index is 12.1. The minimum absolute atomic E-state index is 0.0455. The molecule has 0 aliphatic carbocycles. The standard InChI is InChI=1S/C18H19NO3/c1-4-13-19(2)18(20)14-5-7-16(8-6-14)22-17-11-9-15(21-3)10-12-17/h4-12H,1,13H2,2-3H3. The summed E-state index contributed by atoms with van der Waals surface area (Å²) in [6, 6.07) is 14.4. The van der Waals surface area contributed by atoms with Crippen molar-refractivity contribution in [1.82, 2.24) is 4.90 Å². The Morgan fingerprint density at radius 1 is 1.05 bits per heavy atom. The van der Waals surface area contributed by atoms with Crippen LogP contribution in [0.2, 0.25) is 0 Å². The van der Waals surface area contributed by atoms with E-state index in [9.17, 15) is 4.79 Å². The van der Waals surface area contributed by atoms with Gasteiger partial charge >= 0.3 is 0 Å². The Morgan fingerprint density at radius 2 is 1.55 bits per heavy atom. The van der Waals surface area contributed by atoms with Crippen LogP contribution in [0.1, 0.15) is 10.4 Å². The molecule has 0 N–H and O–H groups in total. The molecule has 0 fully saturated rings. The molecule has 0 aliphatic rings. The molecule has 114 valence electrons. The van der Waals surface area contributed by atoms with E-state index in [0.29, 0.717) is 23.6 Å². The molecular weight excluding hydrogens is 278 g/mol. The summed E-state index contributed by atoms with van der Waals surface area (Å²) < 4.78 is 10.8. The second-order valence-electron chi connectivity index (χ2n) is 4.78. The summed E-state index contributed by atoms with van der Waals surface area (Å²) in [4.78, 5) is 13.7. The van der Waals surface area contributed by atoms with Crippen molar-refractivity contribution in [3.63, 3.8) is 0 Å². The highest BCUT2D eigenvalue weighted by molar-refractivity contribution is 5.94. The number of hydrogen-bond acceptors (Lipinski definition) is 3. The van der Waals surface area contributed by atoms with E-state index < -0.39 is 0 Å². The summed E-state index contributed by atoms with van der Waals surface area (Å²) in [7, 11) is 3.36. The first-order valence-electron chi connectivity index (χ1n) is 6.92. The Morgan fingerprint density at radius 3 is 2.05 bits per heavy atom. The van der Waals surface area contributed by atoms with Crippen LogP contribution in [0.25, 0.3) is 0 Å². The summed E-state index contributed by atoms with van der Waals surface area (Å²) in [5.74, 6) is 2.12. The van der Waals surface area contributed by atoms with Crippen molar-refractivity contribution in [2.24, 2.45) is 0 Å². The fourth-order valence-corrected chi connectivity index (χ4v) is 1.94. The molecule has 0 radical (unpaired) electrons. The van der Waals surface area contributed by atoms with E-state index in [1.807, 2.05) is 24.3 Å². The Balaban J connectivity index is 2.04. The van der Waals surface area contributed by atoms with Gasteiger partial charge < -0.3 is 14.4 Å². The lowest BCUT2D eigenvalue weighted by Gasteiger charge is -2.15. The fourth-order valence-electron chi connectivity index (χ4n) is 1.94. The van der Waals surface area contributed by atoms with E-state index in [1.165, 1.54) is 0 Å². The predicted molar refractivity (Wildman–Crippen MR) is 86.7 cm³/mol. The molecule has 22 heavy (non-hydrogen) atoms. The summed E-state index contributed by atoms with van der Waals surface area (Å²) >= 11 is 0. The monoisotopic (exact) mass is 297 g/mol. The molecule has 0 atom stereocenters. The Hall–Kier alpha value is -2.75. The highest BCUT2D eigenvalue weighted by Crippen LogP contribution is 2.24. The van der Waals surface area contributed by atoms with Gasteiger partial charge in [-0.05, 0) is 48.5 Å². The number of amides is 1. The molecule has 2 rings (SSSR count). The van der Waals surface area contributed by atoms with Gasteiger partial charge in [-0.15, -0.1) is 6.58 Å². The molecule has 2 aromatic carbocycles. The third-order valence-corrected chi connectivity index (χ3v) is 3.15. The van der Waals surface area contributed by atoms with Crippen LogP contribution in [0.3, 0.4) is 0 Å². The Labute approximate surface area is 130 Å². The van der Waals surface area contributed by atoms with Crippen molar-refractivity contribution in [3.05, 3.63) is 66.7 Å². The number of benzene rings is 2. The van der Waals surface area contributed by atoms with Gasteiger partial charge in [0.05, 0.1) is 7.11 Å². The maximum atomic E-state index is 12.1. The van der Waals surface area contributed by atoms with Gasteiger partial charge in [-0.25, -0.2) is 0 Å². The molecule has 0 aliphatic heterocycles. The smallest absolute Gasteiger partial charge is 0.253 e. The van der Waals surface area contributed by atoms with Gasteiger partial charge in [0, 0.05) is 19.2 Å². The van der Waals surface area contributed by atoms with Crippen LogP contribution in [0.5, 0.6) is 17.2 Å². The van der Waals surface area contributed by atoms with Crippen LogP contribution < -0.4 is 9.47 Å². The lowest BCUT2D eigenvalue weighted by atomic mass is 10.2. The molecule has 0 saturated carbocycles. The number of nitrogens with zero attached hydrogens (tertiary/aromatic N) is 1. The Kier molecular flexibility index (Phi) is 5.20. The number of likely N-dealkylation sites (N-methyl/N-ethyl adjacent to an activating group) is 1. The van der Waals surface area contributed by atoms with E-state index in [2.05, 4.69) is 6.58 Å². The number of ether oxygens (including phenoxy) is 2. The minimum Gasteiger partial charge on any atom is -0.497 e. The highest BCUT2D eigenvalue weighted by atomic mass is 16.5. The van der Waals surface area contributed by atoms with Gasteiger partial charge in [0.2, 0.25) is 0 Å². The van der Waals surface area contributed by atoms with E-state index in [4.69, 9.17) is 9.47 Å². The minimum atomic E-state index is -0.0455. The molecule has 0 spiro atoms. The molecule has 0 unspecified atom stereocenters. The molecule has 0 saturated heterocycles. The highest BCUT2D eigenvalue weighted by Gasteiger charge is 2.10. The zero-order chi connectivity index (χ0) is 15.9. The van der Waals surface area contributed by atoms with Gasteiger partial charge in [-0.1, -0.05) is 6.08 Å². The van der Waals surface area contributed by atoms with Crippen LogP contribution >= 0.6 is 0 Å². The van der Waals surface area contributed by atoms with E-state index >= 15 is 0 Å². The van der Waals surface area contributed by atoms with E-state index in [0.717, 1.165) is 5.75 Å². The zero-order valence-electron chi connectivity index (χ0n) is 12.8. The summed E-state index contributed by atoms with van der Waals surface area (Å²) in [5.41, 5.74) is 0.617. The first kappa shape index (κ1) is 15.6. The molecular formula is C18H19NO3. The lowest BCUT2D eigenvalue weighted by molar-refractivity contribution is 0.0810. The van der Waals surface area contributed by atoms with Crippen LogP contribution in [0.15, 0.2) is 61.2 Å². The zero-order valence-corrected chi connectivity index (χ0v) is 12.8. The quantitative estimate of drug-likeness (QED) is 0.762. The fraction of sp³-hybridized carbons (Fsp3) is 0.167. The largest absolute Gasteiger partial charge is 0.497 e. The number of hydrogen-bond donors (Lipinski definition) is 0. The van der Waals surface area contributed by atoms with Gasteiger partial charge in [-0.3, -0.25) is 4.79 Å². The second-order valence-corrected chi connectivity index (χ2v) is 4.78. The van der Waals surface area contributed by atoms with Crippen LogP contribution in [-0.2, 0) is 0 Å². The maximum Gasteiger partial charge on any atom is 0.253 e. The molecule has 2 aromatic rings. The number of carbonyl (C=O) groups excluding carboxylic acids is 1. The van der Waals surface area contributed by atoms with Gasteiger partial charge in [-0.2, -0.15) is 0 Å². The van der Waals surface area contributed by atoms with E-state index in [1.54, 1.807) is 49.4 Å². The summed E-state index contributed by atoms with van der Waals surface area (Å²) in [5, 5.41) is 0. The molecule has 0 aromatic heterocycles. The molecule has 4 nitrogen and oxygen atoms in total. The summed E-state index contributed by atoms with van der Waals surface area (Å²) in [6.45, 7) is 4.14. The van der Waals surface area contributed by atoms with Crippen molar-refractivity contribution in [1.29, 1.82) is 0 Å². The van der Waals surface area contributed by atoms with Crippen molar-refractivity contribution in [2.45, 2.75) is 0 Å². The first-order valence-corrected chi connectivity index (χ1v) is 6.92. The third-order valence-electron chi connectivity index (χ3n) is 3.15. The van der Waals surface area contributed by atoms with Crippen molar-refractivity contribution in [2.75, 3.05) is 20.7 Å². The molecule has 4 heteroatoms. The van der Waals surface area contributed by atoms with Crippen molar-refractivity contribution >= 4 is 5.91 Å². The number of rotatable bonds is 6. The van der Waals surface area contributed by atoms with Crippen molar-refractivity contribution in [3.8, 4) is 17.2 Å². The van der Waals surface area contributed by atoms with Crippen LogP contribution in [-0.4, -0.2) is 31.5 Å². The molecule has 1 amide bonds. The number of carbonyl (C=O) groups is 1. The average molecular weight is 297 g/mol. The third kappa shape index (κ3) is 3.88. The normalized spacial score (nSPS) is 9.91. The second kappa shape index (κ2) is 7.31. The molecule has 0 heterocycles.